The van der Waals surface area contributed by atoms with Crippen LogP contribution in [0.5, 0.6) is 0 Å². The Morgan fingerprint density at radius 2 is 2.00 bits per heavy atom. The van der Waals surface area contributed by atoms with E-state index < -0.39 is 0 Å². The van der Waals surface area contributed by atoms with Crippen molar-refractivity contribution >= 4 is 23.0 Å². The van der Waals surface area contributed by atoms with Crippen molar-refractivity contribution in [2.45, 2.75) is 58.4 Å². The Balaban J connectivity index is 2.11. The van der Waals surface area contributed by atoms with Gasteiger partial charge in [-0.25, -0.2) is 0 Å². The summed E-state index contributed by atoms with van der Waals surface area (Å²) in [6, 6.07) is 4.48. The Morgan fingerprint density at radius 1 is 1.32 bits per heavy atom. The van der Waals surface area contributed by atoms with Crippen LogP contribution in [0.3, 0.4) is 0 Å². The highest BCUT2D eigenvalue weighted by atomic mass is 35.5. The first kappa shape index (κ1) is 14.5. The van der Waals surface area contributed by atoms with E-state index in [1.165, 1.54) is 37.7 Å². The molecule has 0 aromatic heterocycles. The second kappa shape index (κ2) is 6.51. The van der Waals surface area contributed by atoms with Crippen LogP contribution in [0.15, 0.2) is 12.1 Å². The molecule has 3 N–H and O–H groups in total. The summed E-state index contributed by atoms with van der Waals surface area (Å²) in [5.74, 6) is 0.800. The van der Waals surface area contributed by atoms with Crippen molar-refractivity contribution in [1.29, 1.82) is 0 Å². The zero-order chi connectivity index (χ0) is 13.8. The highest BCUT2D eigenvalue weighted by molar-refractivity contribution is 6.33. The lowest BCUT2D eigenvalue weighted by Crippen LogP contribution is -2.30. The number of hydrogen-bond acceptors (Lipinski definition) is 2. The summed E-state index contributed by atoms with van der Waals surface area (Å²) in [6.45, 7) is 4.35. The van der Waals surface area contributed by atoms with Gasteiger partial charge >= 0.3 is 0 Å². The number of anilines is 2. The lowest BCUT2D eigenvalue weighted by atomic mass is 9.83. The van der Waals surface area contributed by atoms with Gasteiger partial charge in [0.05, 0.1) is 10.7 Å². The number of rotatable bonds is 4. The van der Waals surface area contributed by atoms with Crippen molar-refractivity contribution in [2.75, 3.05) is 11.1 Å². The molecule has 1 aliphatic carbocycles. The molecule has 1 aromatic rings. The SMILES string of the molecule is CCC(Nc1cc(Cl)c(N)cc1C)C1CCCCC1. The molecule has 0 amide bonds. The first-order valence-corrected chi connectivity index (χ1v) is 7.81. The van der Waals surface area contributed by atoms with Gasteiger partial charge in [-0.05, 0) is 49.8 Å². The first-order chi connectivity index (χ1) is 9.11. The minimum Gasteiger partial charge on any atom is -0.398 e. The maximum atomic E-state index is 6.13. The topological polar surface area (TPSA) is 38.0 Å². The van der Waals surface area contributed by atoms with Crippen molar-refractivity contribution in [3.05, 3.63) is 22.7 Å². The monoisotopic (exact) mass is 280 g/mol. The van der Waals surface area contributed by atoms with Gasteiger partial charge < -0.3 is 11.1 Å². The fraction of sp³-hybridized carbons (Fsp3) is 0.625. The summed E-state index contributed by atoms with van der Waals surface area (Å²) in [5, 5.41) is 4.34. The average molecular weight is 281 g/mol. The number of benzene rings is 1. The van der Waals surface area contributed by atoms with Gasteiger partial charge in [-0.3, -0.25) is 0 Å². The molecular formula is C16H25ClN2. The molecule has 0 aliphatic heterocycles. The molecule has 1 aromatic carbocycles. The van der Waals surface area contributed by atoms with Crippen LogP contribution in [-0.2, 0) is 0 Å². The summed E-state index contributed by atoms with van der Waals surface area (Å²) in [4.78, 5) is 0. The van der Waals surface area contributed by atoms with E-state index in [-0.39, 0.29) is 0 Å². The van der Waals surface area contributed by atoms with Crippen LogP contribution >= 0.6 is 11.6 Å². The summed E-state index contributed by atoms with van der Waals surface area (Å²) >= 11 is 6.13. The summed E-state index contributed by atoms with van der Waals surface area (Å²) in [7, 11) is 0. The molecule has 19 heavy (non-hydrogen) atoms. The Morgan fingerprint density at radius 3 is 2.63 bits per heavy atom. The number of hydrogen-bond donors (Lipinski definition) is 2. The normalized spacial score (nSPS) is 18.3. The molecule has 0 saturated heterocycles. The molecule has 0 heterocycles. The fourth-order valence-electron chi connectivity index (χ4n) is 3.15. The van der Waals surface area contributed by atoms with Crippen LogP contribution in [0.25, 0.3) is 0 Å². The van der Waals surface area contributed by atoms with Gasteiger partial charge in [0.1, 0.15) is 0 Å². The Labute approximate surface area is 121 Å². The molecule has 3 heteroatoms. The highest BCUT2D eigenvalue weighted by Crippen LogP contribution is 2.32. The number of nitrogen functional groups attached to an aromatic ring is 1. The molecule has 0 spiro atoms. The van der Waals surface area contributed by atoms with Gasteiger partial charge in [-0.15, -0.1) is 0 Å². The van der Waals surface area contributed by atoms with Crippen LogP contribution < -0.4 is 11.1 Å². The van der Waals surface area contributed by atoms with Crippen molar-refractivity contribution < 1.29 is 0 Å². The molecule has 1 unspecified atom stereocenters. The van der Waals surface area contributed by atoms with Crippen molar-refractivity contribution in [2.24, 2.45) is 5.92 Å². The number of halogens is 1. The van der Waals surface area contributed by atoms with E-state index in [2.05, 4.69) is 19.2 Å². The first-order valence-electron chi connectivity index (χ1n) is 7.44. The maximum absolute atomic E-state index is 6.13. The van der Waals surface area contributed by atoms with Crippen molar-refractivity contribution in [3.8, 4) is 0 Å². The molecule has 0 radical (unpaired) electrons. The Bertz CT molecular complexity index is 425. The lowest BCUT2D eigenvalue weighted by Gasteiger charge is -2.31. The van der Waals surface area contributed by atoms with Crippen LogP contribution in [-0.4, -0.2) is 6.04 Å². The fourth-order valence-corrected chi connectivity index (χ4v) is 3.31. The average Bonchev–Trinajstić information content (AvgIpc) is 2.42. The number of nitrogens with two attached hydrogens (primary N) is 1. The largest absolute Gasteiger partial charge is 0.398 e. The molecule has 2 nitrogen and oxygen atoms in total. The third-order valence-corrected chi connectivity index (χ3v) is 4.67. The maximum Gasteiger partial charge on any atom is 0.0656 e. The molecule has 0 bridgehead atoms. The van der Waals surface area contributed by atoms with Crippen LogP contribution in [0, 0.1) is 12.8 Å². The van der Waals surface area contributed by atoms with E-state index in [0.29, 0.717) is 16.8 Å². The minimum atomic E-state index is 0.554. The second-order valence-corrected chi connectivity index (χ2v) is 6.15. The molecule has 1 aliphatic rings. The summed E-state index contributed by atoms with van der Waals surface area (Å²) in [5.41, 5.74) is 8.81. The third kappa shape index (κ3) is 3.56. The highest BCUT2D eigenvalue weighted by Gasteiger charge is 2.22. The minimum absolute atomic E-state index is 0.554. The molecule has 1 atom stereocenters. The Hall–Kier alpha value is -0.890. The van der Waals surface area contributed by atoms with E-state index in [4.69, 9.17) is 17.3 Å². The molecule has 2 rings (SSSR count). The summed E-state index contributed by atoms with van der Waals surface area (Å²) in [6.07, 6.45) is 8.03. The Kier molecular flexibility index (Phi) is 4.98. The zero-order valence-electron chi connectivity index (χ0n) is 12.0. The molecule has 1 saturated carbocycles. The van der Waals surface area contributed by atoms with Gasteiger partial charge in [0.2, 0.25) is 0 Å². The van der Waals surface area contributed by atoms with E-state index >= 15 is 0 Å². The quantitative estimate of drug-likeness (QED) is 0.762. The van der Waals surface area contributed by atoms with Crippen molar-refractivity contribution in [1.82, 2.24) is 0 Å². The van der Waals surface area contributed by atoms with E-state index in [0.717, 1.165) is 18.0 Å². The molecule has 1 fully saturated rings. The van der Waals surface area contributed by atoms with Crippen LogP contribution in [0.1, 0.15) is 51.0 Å². The predicted octanol–water partition coefficient (Wildman–Crippen LogP) is 5.00. The van der Waals surface area contributed by atoms with Gasteiger partial charge in [-0.1, -0.05) is 37.8 Å². The standard InChI is InChI=1S/C16H25ClN2/c1-3-15(12-7-5-4-6-8-12)19-16-10-13(17)14(18)9-11(16)2/h9-10,12,15,19H,3-8,18H2,1-2H3. The van der Waals surface area contributed by atoms with E-state index in [1.807, 2.05) is 12.1 Å². The molecular weight excluding hydrogens is 256 g/mol. The van der Waals surface area contributed by atoms with E-state index in [1.54, 1.807) is 0 Å². The van der Waals surface area contributed by atoms with Gasteiger partial charge in [0.25, 0.3) is 0 Å². The number of nitrogens with one attached hydrogen (secondary N) is 1. The van der Waals surface area contributed by atoms with Crippen LogP contribution in [0.2, 0.25) is 5.02 Å². The predicted molar refractivity (Wildman–Crippen MR) is 84.9 cm³/mol. The van der Waals surface area contributed by atoms with Gasteiger partial charge in [0, 0.05) is 11.7 Å². The van der Waals surface area contributed by atoms with Crippen LogP contribution in [0.4, 0.5) is 11.4 Å². The van der Waals surface area contributed by atoms with Crippen molar-refractivity contribution in [3.63, 3.8) is 0 Å². The molecule has 106 valence electrons. The number of aryl methyl sites for hydroxylation is 1. The smallest absolute Gasteiger partial charge is 0.0656 e. The second-order valence-electron chi connectivity index (χ2n) is 5.75. The van der Waals surface area contributed by atoms with Gasteiger partial charge in [-0.2, -0.15) is 0 Å². The summed E-state index contributed by atoms with van der Waals surface area (Å²) < 4.78 is 0. The lowest BCUT2D eigenvalue weighted by molar-refractivity contribution is 0.313. The van der Waals surface area contributed by atoms with Gasteiger partial charge in [0.15, 0.2) is 0 Å². The third-order valence-electron chi connectivity index (χ3n) is 4.34. The van der Waals surface area contributed by atoms with E-state index in [9.17, 15) is 0 Å². The zero-order valence-corrected chi connectivity index (χ0v) is 12.8.